The van der Waals surface area contributed by atoms with E-state index in [4.69, 9.17) is 4.74 Å². The van der Waals surface area contributed by atoms with E-state index in [2.05, 4.69) is 41.7 Å². The average molecular weight is 460 g/mol. The van der Waals surface area contributed by atoms with Crippen molar-refractivity contribution >= 4 is 41.5 Å². The van der Waals surface area contributed by atoms with E-state index in [1.54, 1.807) is 0 Å². The van der Waals surface area contributed by atoms with Gasteiger partial charge in [-0.3, -0.25) is 4.79 Å². The largest absolute Gasteiger partial charge is 0.492 e. The van der Waals surface area contributed by atoms with Crippen LogP contribution in [0.15, 0.2) is 23.2 Å². The lowest BCUT2D eigenvalue weighted by molar-refractivity contribution is -0.116. The van der Waals surface area contributed by atoms with Gasteiger partial charge in [-0.05, 0) is 50.5 Å². The molecule has 1 aromatic carbocycles. The fourth-order valence-corrected chi connectivity index (χ4v) is 2.43. The minimum Gasteiger partial charge on any atom is -0.492 e. The number of aryl methyl sites for hydroxylation is 1. The molecule has 3 N–H and O–H groups in total. The Kier molecular flexibility index (Phi) is 9.62. The third kappa shape index (κ3) is 7.09. The quantitative estimate of drug-likeness (QED) is 0.253. The van der Waals surface area contributed by atoms with Crippen molar-refractivity contribution in [2.75, 3.05) is 25.0 Å². The van der Waals surface area contributed by atoms with Crippen molar-refractivity contribution < 1.29 is 9.53 Å². The number of rotatable bonds is 7. The van der Waals surface area contributed by atoms with Crippen molar-refractivity contribution in [2.24, 2.45) is 4.99 Å². The Labute approximate surface area is 167 Å². The van der Waals surface area contributed by atoms with E-state index < -0.39 is 0 Å². The molecule has 6 nitrogen and oxygen atoms in total. The highest BCUT2D eigenvalue weighted by Crippen LogP contribution is 2.26. The van der Waals surface area contributed by atoms with Gasteiger partial charge in [-0.15, -0.1) is 24.0 Å². The lowest BCUT2D eigenvalue weighted by Crippen LogP contribution is -2.42. The Balaban J connectivity index is 0.00000312. The van der Waals surface area contributed by atoms with Gasteiger partial charge in [0.25, 0.3) is 0 Å². The maximum absolute atomic E-state index is 11.4. The molecule has 0 fully saturated rings. The molecule has 1 unspecified atom stereocenters. The van der Waals surface area contributed by atoms with Gasteiger partial charge < -0.3 is 20.7 Å². The third-order valence-electron chi connectivity index (χ3n) is 3.94. The number of hydrogen-bond acceptors (Lipinski definition) is 3. The highest BCUT2D eigenvalue weighted by molar-refractivity contribution is 14.0. The summed E-state index contributed by atoms with van der Waals surface area (Å²) in [6.45, 7) is 8.26. The molecule has 0 aromatic heterocycles. The Morgan fingerprint density at radius 1 is 1.36 bits per heavy atom. The fourth-order valence-electron chi connectivity index (χ4n) is 2.43. The zero-order valence-corrected chi connectivity index (χ0v) is 17.6. The van der Waals surface area contributed by atoms with Crippen LogP contribution in [-0.4, -0.2) is 37.6 Å². The van der Waals surface area contributed by atoms with E-state index in [0.717, 1.165) is 42.3 Å². The Morgan fingerprint density at radius 3 is 2.88 bits per heavy atom. The van der Waals surface area contributed by atoms with Crippen LogP contribution in [0.3, 0.4) is 0 Å². The zero-order valence-electron chi connectivity index (χ0n) is 15.2. The standard InChI is InChI=1S/C18H28N4O2.HI/c1-4-13(3)21-18(19-5-2)20-10-11-24-15-7-8-16-14(12-15)6-9-17(23)22-16;/h7-8,12-13H,4-6,9-11H2,1-3H3,(H,22,23)(H2,19,20,21);1H. The monoisotopic (exact) mass is 460 g/mol. The van der Waals surface area contributed by atoms with Crippen molar-refractivity contribution in [3.63, 3.8) is 0 Å². The van der Waals surface area contributed by atoms with Gasteiger partial charge in [0.15, 0.2) is 5.96 Å². The van der Waals surface area contributed by atoms with E-state index in [9.17, 15) is 4.79 Å². The van der Waals surface area contributed by atoms with E-state index >= 15 is 0 Å². The second-order valence-corrected chi connectivity index (χ2v) is 5.93. The van der Waals surface area contributed by atoms with Gasteiger partial charge in [0.1, 0.15) is 12.4 Å². The van der Waals surface area contributed by atoms with E-state index in [0.29, 0.717) is 25.6 Å². The predicted octanol–water partition coefficient (Wildman–Crippen LogP) is 2.92. The van der Waals surface area contributed by atoms with Crippen LogP contribution in [0, 0.1) is 0 Å². The molecule has 140 valence electrons. The molecule has 2 rings (SSSR count). The van der Waals surface area contributed by atoms with Gasteiger partial charge >= 0.3 is 0 Å². The molecule has 7 heteroatoms. The van der Waals surface area contributed by atoms with Crippen molar-refractivity contribution in [3.05, 3.63) is 23.8 Å². The Hall–Kier alpha value is -1.51. The number of guanidine groups is 1. The first-order valence-corrected chi connectivity index (χ1v) is 8.72. The zero-order chi connectivity index (χ0) is 17.4. The summed E-state index contributed by atoms with van der Waals surface area (Å²) in [6, 6.07) is 6.18. The fraction of sp³-hybridized carbons (Fsp3) is 0.556. The third-order valence-corrected chi connectivity index (χ3v) is 3.94. The molecule has 0 saturated carbocycles. The Bertz CT molecular complexity index is 592. The molecule has 1 heterocycles. The van der Waals surface area contributed by atoms with Gasteiger partial charge in [0.2, 0.25) is 5.91 Å². The maximum Gasteiger partial charge on any atom is 0.224 e. The summed E-state index contributed by atoms with van der Waals surface area (Å²) in [6.07, 6.45) is 2.35. The molecule has 0 radical (unpaired) electrons. The number of benzene rings is 1. The molecule has 1 aromatic rings. The minimum absolute atomic E-state index is 0. The van der Waals surface area contributed by atoms with Gasteiger partial charge in [0, 0.05) is 24.7 Å². The smallest absolute Gasteiger partial charge is 0.224 e. The molecule has 1 amide bonds. The number of carbonyl (C=O) groups excluding carboxylic acids is 1. The summed E-state index contributed by atoms with van der Waals surface area (Å²) in [7, 11) is 0. The SMILES string of the molecule is CCNC(=NCCOc1ccc2c(c1)CCC(=O)N2)NC(C)CC.I. The number of nitrogens with zero attached hydrogens (tertiary/aromatic N) is 1. The van der Waals surface area contributed by atoms with Gasteiger partial charge in [0.05, 0.1) is 6.54 Å². The Morgan fingerprint density at radius 2 is 2.16 bits per heavy atom. The molecule has 25 heavy (non-hydrogen) atoms. The van der Waals surface area contributed by atoms with Crippen LogP contribution in [0.5, 0.6) is 5.75 Å². The number of amides is 1. The molecule has 1 aliphatic rings. The summed E-state index contributed by atoms with van der Waals surface area (Å²) in [5, 5.41) is 9.46. The molecular weight excluding hydrogens is 431 g/mol. The number of carbonyl (C=O) groups is 1. The topological polar surface area (TPSA) is 74.8 Å². The number of hydrogen-bond donors (Lipinski definition) is 3. The summed E-state index contributed by atoms with van der Waals surface area (Å²) in [5.41, 5.74) is 2.02. The number of ether oxygens (including phenoxy) is 1. The molecule has 1 aliphatic heterocycles. The van der Waals surface area contributed by atoms with Gasteiger partial charge in [-0.25, -0.2) is 4.99 Å². The second-order valence-electron chi connectivity index (χ2n) is 5.93. The first-order chi connectivity index (χ1) is 11.6. The first kappa shape index (κ1) is 21.5. The lowest BCUT2D eigenvalue weighted by Gasteiger charge is -2.18. The molecular formula is C18H29IN4O2. The maximum atomic E-state index is 11.4. The normalized spacial score (nSPS) is 14.7. The summed E-state index contributed by atoms with van der Waals surface area (Å²) in [4.78, 5) is 15.9. The number of nitrogens with one attached hydrogen (secondary N) is 3. The minimum atomic E-state index is 0. The average Bonchev–Trinajstić information content (AvgIpc) is 2.58. The van der Waals surface area contributed by atoms with Crippen molar-refractivity contribution in [1.82, 2.24) is 10.6 Å². The van der Waals surface area contributed by atoms with E-state index in [1.165, 1.54) is 0 Å². The molecule has 0 bridgehead atoms. The van der Waals surface area contributed by atoms with Crippen molar-refractivity contribution in [3.8, 4) is 5.75 Å². The first-order valence-electron chi connectivity index (χ1n) is 8.72. The number of fused-ring (bicyclic) bond motifs is 1. The van der Waals surface area contributed by atoms with Crippen LogP contribution in [0.2, 0.25) is 0 Å². The van der Waals surface area contributed by atoms with Crippen LogP contribution in [0.25, 0.3) is 0 Å². The number of anilines is 1. The van der Waals surface area contributed by atoms with Crippen LogP contribution in [0.1, 0.15) is 39.2 Å². The molecule has 0 spiro atoms. The van der Waals surface area contributed by atoms with Gasteiger partial charge in [-0.1, -0.05) is 6.92 Å². The predicted molar refractivity (Wildman–Crippen MR) is 113 cm³/mol. The van der Waals surface area contributed by atoms with E-state index in [1.807, 2.05) is 18.2 Å². The van der Waals surface area contributed by atoms with Crippen molar-refractivity contribution in [1.29, 1.82) is 0 Å². The van der Waals surface area contributed by atoms with E-state index in [-0.39, 0.29) is 29.9 Å². The van der Waals surface area contributed by atoms with Crippen molar-refractivity contribution in [2.45, 2.75) is 46.1 Å². The number of halogens is 1. The molecule has 1 atom stereocenters. The summed E-state index contributed by atoms with van der Waals surface area (Å²) < 4.78 is 5.78. The van der Waals surface area contributed by atoms with Crippen LogP contribution in [0.4, 0.5) is 5.69 Å². The van der Waals surface area contributed by atoms with Crippen LogP contribution in [-0.2, 0) is 11.2 Å². The van der Waals surface area contributed by atoms with Gasteiger partial charge in [-0.2, -0.15) is 0 Å². The molecule has 0 aliphatic carbocycles. The highest BCUT2D eigenvalue weighted by atomic mass is 127. The second kappa shape index (κ2) is 11.2. The highest BCUT2D eigenvalue weighted by Gasteiger charge is 2.14. The lowest BCUT2D eigenvalue weighted by atomic mass is 10.0. The summed E-state index contributed by atoms with van der Waals surface area (Å²) in [5.74, 6) is 1.72. The van der Waals surface area contributed by atoms with Crippen LogP contribution >= 0.6 is 24.0 Å². The molecule has 0 saturated heterocycles. The number of aliphatic imine (C=N–C) groups is 1. The summed E-state index contributed by atoms with van der Waals surface area (Å²) >= 11 is 0. The van der Waals surface area contributed by atoms with Crippen LogP contribution < -0.4 is 20.7 Å².